The van der Waals surface area contributed by atoms with Crippen LogP contribution in [0, 0.1) is 13.8 Å². The highest BCUT2D eigenvalue weighted by atomic mass is 16.5. The van der Waals surface area contributed by atoms with Crippen molar-refractivity contribution >= 4 is 17.5 Å². The lowest BCUT2D eigenvalue weighted by Crippen LogP contribution is -2.45. The summed E-state index contributed by atoms with van der Waals surface area (Å²) in [6.07, 6.45) is 0.733. The van der Waals surface area contributed by atoms with Gasteiger partial charge in [0.05, 0.1) is 7.11 Å². The molecule has 0 aliphatic rings. The number of benzene rings is 2. The van der Waals surface area contributed by atoms with Gasteiger partial charge in [-0.15, -0.1) is 0 Å². The van der Waals surface area contributed by atoms with Gasteiger partial charge in [-0.3, -0.25) is 9.59 Å². The lowest BCUT2D eigenvalue weighted by Gasteiger charge is -2.28. The molecule has 2 aromatic carbocycles. The zero-order valence-electron chi connectivity index (χ0n) is 17.8. The molecule has 156 valence electrons. The summed E-state index contributed by atoms with van der Waals surface area (Å²) in [6.45, 7) is 7.66. The minimum absolute atomic E-state index is 0.0312. The molecule has 0 aliphatic heterocycles. The maximum Gasteiger partial charge on any atom is 0.261 e. The van der Waals surface area contributed by atoms with Crippen molar-refractivity contribution in [2.24, 2.45) is 0 Å². The zero-order chi connectivity index (χ0) is 21.4. The molecule has 1 unspecified atom stereocenters. The van der Waals surface area contributed by atoms with Gasteiger partial charge < -0.3 is 19.7 Å². The fourth-order valence-electron chi connectivity index (χ4n) is 2.90. The van der Waals surface area contributed by atoms with Crippen molar-refractivity contribution in [2.75, 3.05) is 25.6 Å². The van der Waals surface area contributed by atoms with Crippen molar-refractivity contribution in [2.45, 2.75) is 40.2 Å². The number of hydrogen-bond donors (Lipinski definition) is 1. The molecule has 1 atom stereocenters. The predicted molar refractivity (Wildman–Crippen MR) is 115 cm³/mol. The highest BCUT2D eigenvalue weighted by molar-refractivity contribution is 5.95. The minimum Gasteiger partial charge on any atom is -0.493 e. The molecule has 2 amide bonds. The SMILES string of the molecule is CCC(C)N(CC(=O)Nc1cccc(C)c1C)C(=O)COc1ccccc1OC. The van der Waals surface area contributed by atoms with Crippen LogP contribution in [-0.2, 0) is 9.59 Å². The van der Waals surface area contributed by atoms with Gasteiger partial charge in [-0.25, -0.2) is 0 Å². The Morgan fingerprint density at radius 3 is 2.41 bits per heavy atom. The molecule has 29 heavy (non-hydrogen) atoms. The Morgan fingerprint density at radius 1 is 1.07 bits per heavy atom. The molecule has 1 N–H and O–H groups in total. The maximum atomic E-state index is 12.8. The Kier molecular flexibility index (Phi) is 8.07. The van der Waals surface area contributed by atoms with Gasteiger partial charge in [0.1, 0.15) is 6.54 Å². The maximum absolute atomic E-state index is 12.8. The van der Waals surface area contributed by atoms with E-state index in [2.05, 4.69) is 5.32 Å². The number of rotatable bonds is 9. The fourth-order valence-corrected chi connectivity index (χ4v) is 2.90. The number of nitrogens with one attached hydrogen (secondary N) is 1. The highest BCUT2D eigenvalue weighted by Crippen LogP contribution is 2.25. The second kappa shape index (κ2) is 10.5. The van der Waals surface area contributed by atoms with Crippen molar-refractivity contribution in [3.63, 3.8) is 0 Å². The number of hydrogen-bond acceptors (Lipinski definition) is 4. The number of nitrogens with zero attached hydrogens (tertiary/aromatic N) is 1. The average Bonchev–Trinajstić information content (AvgIpc) is 2.73. The van der Waals surface area contributed by atoms with Crippen LogP contribution < -0.4 is 14.8 Å². The van der Waals surface area contributed by atoms with Crippen LogP contribution >= 0.6 is 0 Å². The number of methoxy groups -OCH3 is 1. The number of carbonyl (C=O) groups excluding carboxylic acids is 2. The Hall–Kier alpha value is -3.02. The van der Waals surface area contributed by atoms with E-state index in [0.717, 1.165) is 23.2 Å². The van der Waals surface area contributed by atoms with Crippen molar-refractivity contribution in [1.82, 2.24) is 4.90 Å². The Bertz CT molecular complexity index is 851. The first-order valence-electron chi connectivity index (χ1n) is 9.78. The van der Waals surface area contributed by atoms with E-state index in [-0.39, 0.29) is 31.0 Å². The number of para-hydroxylation sites is 2. The van der Waals surface area contributed by atoms with Gasteiger partial charge in [-0.05, 0) is 56.5 Å². The molecule has 0 saturated heterocycles. The molecule has 0 heterocycles. The first kappa shape index (κ1) is 22.3. The Labute approximate surface area is 172 Å². The Balaban J connectivity index is 2.05. The second-order valence-electron chi connectivity index (χ2n) is 7.01. The lowest BCUT2D eigenvalue weighted by molar-refractivity contribution is -0.138. The first-order valence-corrected chi connectivity index (χ1v) is 9.78. The van der Waals surface area contributed by atoms with Crippen LogP contribution in [0.2, 0.25) is 0 Å². The summed E-state index contributed by atoms with van der Waals surface area (Å²) < 4.78 is 10.9. The monoisotopic (exact) mass is 398 g/mol. The smallest absolute Gasteiger partial charge is 0.261 e. The van der Waals surface area contributed by atoms with E-state index in [0.29, 0.717) is 11.5 Å². The third-order valence-corrected chi connectivity index (χ3v) is 5.06. The number of amides is 2. The largest absolute Gasteiger partial charge is 0.493 e. The molecule has 6 heteroatoms. The molecular weight excluding hydrogens is 368 g/mol. The summed E-state index contributed by atoms with van der Waals surface area (Å²) >= 11 is 0. The van der Waals surface area contributed by atoms with Crippen LogP contribution in [0.1, 0.15) is 31.4 Å². The van der Waals surface area contributed by atoms with Gasteiger partial charge in [-0.2, -0.15) is 0 Å². The van der Waals surface area contributed by atoms with E-state index >= 15 is 0 Å². The summed E-state index contributed by atoms with van der Waals surface area (Å²) in [5.41, 5.74) is 2.88. The van der Waals surface area contributed by atoms with Crippen molar-refractivity contribution in [1.29, 1.82) is 0 Å². The summed E-state index contributed by atoms with van der Waals surface area (Å²) in [5, 5.41) is 2.91. The molecule has 0 bridgehead atoms. The van der Waals surface area contributed by atoms with Gasteiger partial charge in [0, 0.05) is 11.7 Å². The molecule has 0 radical (unpaired) electrons. The summed E-state index contributed by atoms with van der Waals surface area (Å²) in [7, 11) is 1.55. The summed E-state index contributed by atoms with van der Waals surface area (Å²) in [4.78, 5) is 27.0. The van der Waals surface area contributed by atoms with Crippen LogP contribution in [0.25, 0.3) is 0 Å². The lowest BCUT2D eigenvalue weighted by atomic mass is 10.1. The summed E-state index contributed by atoms with van der Waals surface area (Å²) in [5.74, 6) is 0.571. The quantitative estimate of drug-likeness (QED) is 0.694. The molecule has 0 aromatic heterocycles. The van der Waals surface area contributed by atoms with Crippen molar-refractivity contribution in [3.05, 3.63) is 53.6 Å². The Morgan fingerprint density at radius 2 is 1.76 bits per heavy atom. The third-order valence-electron chi connectivity index (χ3n) is 5.06. The topological polar surface area (TPSA) is 67.9 Å². The van der Waals surface area contributed by atoms with Gasteiger partial charge in [0.15, 0.2) is 18.1 Å². The first-order chi connectivity index (χ1) is 13.9. The normalized spacial score (nSPS) is 11.5. The molecule has 0 fully saturated rings. The van der Waals surface area contributed by atoms with E-state index in [4.69, 9.17) is 9.47 Å². The van der Waals surface area contributed by atoms with Crippen LogP contribution in [0.4, 0.5) is 5.69 Å². The predicted octanol–water partition coefficient (Wildman–Crippen LogP) is 3.96. The van der Waals surface area contributed by atoms with E-state index in [1.165, 1.54) is 0 Å². The number of ether oxygens (including phenoxy) is 2. The van der Waals surface area contributed by atoms with E-state index < -0.39 is 0 Å². The molecule has 0 aliphatic carbocycles. The number of carbonyl (C=O) groups is 2. The van der Waals surface area contributed by atoms with Crippen LogP contribution in [-0.4, -0.2) is 43.0 Å². The van der Waals surface area contributed by atoms with Gasteiger partial charge in [-0.1, -0.05) is 31.2 Å². The van der Waals surface area contributed by atoms with Gasteiger partial charge in [0.25, 0.3) is 5.91 Å². The standard InChI is InChI=1S/C23H30N2O4/c1-6-17(3)25(14-22(26)24-19-11-9-10-16(2)18(19)4)23(27)15-29-21-13-8-7-12-20(21)28-5/h7-13,17H,6,14-15H2,1-5H3,(H,24,26). The summed E-state index contributed by atoms with van der Waals surface area (Å²) in [6, 6.07) is 12.8. The van der Waals surface area contributed by atoms with Crippen LogP contribution in [0.5, 0.6) is 11.5 Å². The number of aryl methyl sites for hydroxylation is 1. The number of anilines is 1. The molecule has 6 nitrogen and oxygen atoms in total. The molecule has 0 saturated carbocycles. The second-order valence-corrected chi connectivity index (χ2v) is 7.01. The zero-order valence-corrected chi connectivity index (χ0v) is 17.8. The molecular formula is C23H30N2O4. The van der Waals surface area contributed by atoms with Crippen LogP contribution in [0.3, 0.4) is 0 Å². The van der Waals surface area contributed by atoms with Gasteiger partial charge >= 0.3 is 0 Å². The highest BCUT2D eigenvalue weighted by Gasteiger charge is 2.23. The molecule has 2 aromatic rings. The minimum atomic E-state index is -0.249. The van der Waals surface area contributed by atoms with E-state index in [1.54, 1.807) is 24.1 Å². The van der Waals surface area contributed by atoms with Gasteiger partial charge in [0.2, 0.25) is 5.91 Å². The van der Waals surface area contributed by atoms with E-state index in [1.807, 2.05) is 58.0 Å². The third kappa shape index (κ3) is 5.98. The average molecular weight is 399 g/mol. The van der Waals surface area contributed by atoms with Crippen molar-refractivity contribution < 1.29 is 19.1 Å². The van der Waals surface area contributed by atoms with Crippen LogP contribution in [0.15, 0.2) is 42.5 Å². The molecule has 2 rings (SSSR count). The fraction of sp³-hybridized carbons (Fsp3) is 0.391. The van der Waals surface area contributed by atoms with Crippen molar-refractivity contribution in [3.8, 4) is 11.5 Å². The molecule has 0 spiro atoms. The van der Waals surface area contributed by atoms with E-state index in [9.17, 15) is 9.59 Å².